The second-order valence-electron chi connectivity index (χ2n) is 5.17. The van der Waals surface area contributed by atoms with Gasteiger partial charge in [0.1, 0.15) is 0 Å². The molecule has 1 aromatic rings. The summed E-state index contributed by atoms with van der Waals surface area (Å²) in [6, 6.07) is 4.36. The number of piperazine rings is 1. The molecule has 0 aromatic heterocycles. The number of nitrogens with zero attached hydrogens (tertiary/aromatic N) is 3. The van der Waals surface area contributed by atoms with E-state index in [1.54, 1.807) is 6.07 Å². The molecule has 0 bridgehead atoms. The molecule has 2 rings (SSSR count). The largest absolute Gasteiger partial charge is 0.465 e. The second-order valence-corrected chi connectivity index (χ2v) is 5.17. The Bertz CT molecular complexity index is 539. The van der Waals surface area contributed by atoms with Crippen LogP contribution in [0, 0.1) is 10.1 Å². The molecule has 0 saturated carbocycles. The van der Waals surface area contributed by atoms with Crippen LogP contribution in [0.15, 0.2) is 18.2 Å². The zero-order valence-electron chi connectivity index (χ0n) is 12.2. The molecule has 7 heteroatoms. The van der Waals surface area contributed by atoms with Crippen LogP contribution < -0.4 is 0 Å². The summed E-state index contributed by atoms with van der Waals surface area (Å²) in [4.78, 5) is 26.6. The third kappa shape index (κ3) is 3.77. The number of esters is 1. The lowest BCUT2D eigenvalue weighted by atomic mass is 10.1. The summed E-state index contributed by atoms with van der Waals surface area (Å²) >= 11 is 0. The maximum Gasteiger partial charge on any atom is 0.338 e. The van der Waals surface area contributed by atoms with Gasteiger partial charge in [-0.25, -0.2) is 4.79 Å². The lowest BCUT2D eigenvalue weighted by molar-refractivity contribution is -0.384. The molecule has 0 atom stereocenters. The summed E-state index contributed by atoms with van der Waals surface area (Å²) < 4.78 is 4.73. The first kappa shape index (κ1) is 15.4. The number of ether oxygens (including phenoxy) is 1. The minimum atomic E-state index is -0.539. The molecular formula is C14H19N3O4. The summed E-state index contributed by atoms with van der Waals surface area (Å²) in [5, 5.41) is 10.8. The standard InChI is InChI=1S/C14H19N3O4/c1-15-5-7-16(8-6-15)10-11-3-4-12(17(19)20)9-13(11)14(18)21-2/h3-4,9H,5-8,10H2,1-2H3. The van der Waals surface area contributed by atoms with Gasteiger partial charge in [0.05, 0.1) is 17.6 Å². The van der Waals surface area contributed by atoms with Gasteiger partial charge in [0.2, 0.25) is 0 Å². The highest BCUT2D eigenvalue weighted by Gasteiger charge is 2.20. The Morgan fingerprint density at radius 2 is 2.00 bits per heavy atom. The number of nitro benzene ring substituents is 1. The van der Waals surface area contributed by atoms with Crippen molar-refractivity contribution in [3.05, 3.63) is 39.4 Å². The smallest absolute Gasteiger partial charge is 0.338 e. The van der Waals surface area contributed by atoms with Gasteiger partial charge in [-0.15, -0.1) is 0 Å². The number of benzene rings is 1. The Labute approximate surface area is 123 Å². The summed E-state index contributed by atoms with van der Waals surface area (Å²) in [6.45, 7) is 4.36. The summed E-state index contributed by atoms with van der Waals surface area (Å²) in [5.74, 6) is -0.539. The van der Waals surface area contributed by atoms with Crippen LogP contribution >= 0.6 is 0 Å². The minimum absolute atomic E-state index is 0.0995. The monoisotopic (exact) mass is 293 g/mol. The van der Waals surface area contributed by atoms with Crippen molar-refractivity contribution in [3.63, 3.8) is 0 Å². The first-order chi connectivity index (χ1) is 10.0. The van der Waals surface area contributed by atoms with Gasteiger partial charge >= 0.3 is 5.97 Å². The zero-order valence-corrected chi connectivity index (χ0v) is 12.2. The van der Waals surface area contributed by atoms with Gasteiger partial charge in [0.15, 0.2) is 0 Å². The topological polar surface area (TPSA) is 75.9 Å². The van der Waals surface area contributed by atoms with E-state index in [2.05, 4.69) is 16.8 Å². The van der Waals surface area contributed by atoms with Crippen LogP contribution in [0.1, 0.15) is 15.9 Å². The summed E-state index contributed by atoms with van der Waals surface area (Å²) in [6.07, 6.45) is 0. The normalized spacial score (nSPS) is 16.7. The highest BCUT2D eigenvalue weighted by atomic mass is 16.6. The van der Waals surface area contributed by atoms with Gasteiger partial charge in [-0.05, 0) is 12.6 Å². The first-order valence-corrected chi connectivity index (χ1v) is 6.78. The van der Waals surface area contributed by atoms with Crippen LogP contribution in [0.25, 0.3) is 0 Å². The fourth-order valence-corrected chi connectivity index (χ4v) is 2.36. The molecule has 0 radical (unpaired) electrons. The number of carbonyl (C=O) groups is 1. The lowest BCUT2D eigenvalue weighted by Gasteiger charge is -2.32. The van der Waals surface area contributed by atoms with E-state index < -0.39 is 10.9 Å². The first-order valence-electron chi connectivity index (χ1n) is 6.78. The predicted octanol–water partition coefficient (Wildman–Crippen LogP) is 1.13. The van der Waals surface area contributed by atoms with Gasteiger partial charge in [-0.2, -0.15) is 0 Å². The molecule has 1 aromatic carbocycles. The predicted molar refractivity (Wildman–Crippen MR) is 77.2 cm³/mol. The fraction of sp³-hybridized carbons (Fsp3) is 0.500. The van der Waals surface area contributed by atoms with E-state index in [-0.39, 0.29) is 11.3 Å². The van der Waals surface area contributed by atoms with E-state index in [4.69, 9.17) is 4.74 Å². The maximum atomic E-state index is 11.8. The summed E-state index contributed by atoms with van der Waals surface area (Å²) in [5.41, 5.74) is 0.931. The Morgan fingerprint density at radius 3 is 2.57 bits per heavy atom. The number of hydrogen-bond donors (Lipinski definition) is 0. The number of methoxy groups -OCH3 is 1. The van der Waals surface area contributed by atoms with Crippen molar-refractivity contribution < 1.29 is 14.5 Å². The number of hydrogen-bond acceptors (Lipinski definition) is 6. The number of likely N-dealkylation sites (N-methyl/N-ethyl adjacent to an activating group) is 1. The van der Waals surface area contributed by atoms with Crippen molar-refractivity contribution >= 4 is 11.7 Å². The maximum absolute atomic E-state index is 11.8. The minimum Gasteiger partial charge on any atom is -0.465 e. The fourth-order valence-electron chi connectivity index (χ4n) is 2.36. The number of carbonyl (C=O) groups excluding carboxylic acids is 1. The number of nitro groups is 1. The molecular weight excluding hydrogens is 274 g/mol. The molecule has 21 heavy (non-hydrogen) atoms. The van der Waals surface area contributed by atoms with Crippen LogP contribution in [0.3, 0.4) is 0 Å². The highest BCUT2D eigenvalue weighted by Crippen LogP contribution is 2.20. The van der Waals surface area contributed by atoms with Crippen molar-refractivity contribution in [1.82, 2.24) is 9.80 Å². The molecule has 7 nitrogen and oxygen atoms in total. The molecule has 1 aliphatic rings. The van der Waals surface area contributed by atoms with Crippen molar-refractivity contribution in [2.24, 2.45) is 0 Å². The van der Waals surface area contributed by atoms with Gasteiger partial charge in [-0.1, -0.05) is 6.07 Å². The van der Waals surface area contributed by atoms with Gasteiger partial charge in [0, 0.05) is 44.9 Å². The van der Waals surface area contributed by atoms with Crippen LogP contribution in [-0.2, 0) is 11.3 Å². The van der Waals surface area contributed by atoms with E-state index in [9.17, 15) is 14.9 Å². The molecule has 1 aliphatic heterocycles. The molecule has 0 amide bonds. The third-order valence-corrected chi connectivity index (χ3v) is 3.70. The van der Waals surface area contributed by atoms with Crippen LogP contribution in [0.5, 0.6) is 0 Å². The SMILES string of the molecule is COC(=O)c1cc([N+](=O)[O-])ccc1CN1CCN(C)CC1. The Morgan fingerprint density at radius 1 is 1.33 bits per heavy atom. The van der Waals surface area contributed by atoms with Gasteiger partial charge in [-0.3, -0.25) is 15.0 Å². The van der Waals surface area contributed by atoms with Crippen molar-refractivity contribution in [2.45, 2.75) is 6.54 Å². The van der Waals surface area contributed by atoms with E-state index >= 15 is 0 Å². The lowest BCUT2D eigenvalue weighted by Crippen LogP contribution is -2.44. The van der Waals surface area contributed by atoms with Crippen molar-refractivity contribution in [1.29, 1.82) is 0 Å². The average molecular weight is 293 g/mol. The highest BCUT2D eigenvalue weighted by molar-refractivity contribution is 5.91. The summed E-state index contributed by atoms with van der Waals surface area (Å²) in [7, 11) is 3.35. The molecule has 1 heterocycles. The Balaban J connectivity index is 2.21. The molecule has 1 fully saturated rings. The molecule has 0 unspecified atom stereocenters. The Hall–Kier alpha value is -1.99. The third-order valence-electron chi connectivity index (χ3n) is 3.70. The molecule has 0 N–H and O–H groups in total. The van der Waals surface area contributed by atoms with Crippen LogP contribution in [0.2, 0.25) is 0 Å². The van der Waals surface area contributed by atoms with Crippen molar-refractivity contribution in [3.8, 4) is 0 Å². The van der Waals surface area contributed by atoms with E-state index in [0.29, 0.717) is 6.54 Å². The number of rotatable bonds is 4. The molecule has 1 saturated heterocycles. The van der Waals surface area contributed by atoms with Crippen LogP contribution in [-0.4, -0.2) is 61.0 Å². The van der Waals surface area contributed by atoms with Gasteiger partial charge < -0.3 is 9.64 Å². The number of non-ortho nitro benzene ring substituents is 1. The molecule has 114 valence electrons. The molecule has 0 aliphatic carbocycles. The average Bonchev–Trinajstić information content (AvgIpc) is 2.49. The Kier molecular flexibility index (Phi) is 4.87. The van der Waals surface area contributed by atoms with Crippen LogP contribution in [0.4, 0.5) is 5.69 Å². The van der Waals surface area contributed by atoms with E-state index in [1.807, 2.05) is 0 Å². The van der Waals surface area contributed by atoms with E-state index in [1.165, 1.54) is 19.2 Å². The molecule has 0 spiro atoms. The second kappa shape index (κ2) is 6.64. The van der Waals surface area contributed by atoms with Gasteiger partial charge in [0.25, 0.3) is 5.69 Å². The quantitative estimate of drug-likeness (QED) is 0.470. The zero-order chi connectivity index (χ0) is 15.4. The van der Waals surface area contributed by atoms with E-state index in [0.717, 1.165) is 31.7 Å². The van der Waals surface area contributed by atoms with Crippen molar-refractivity contribution in [2.75, 3.05) is 40.3 Å².